The van der Waals surface area contributed by atoms with E-state index in [1.807, 2.05) is 0 Å². The minimum Gasteiger partial charge on any atom is -0.460 e. The van der Waals surface area contributed by atoms with Crippen LogP contribution in [-0.2, 0) is 16.1 Å². The largest absolute Gasteiger partial charge is 0.460 e. The van der Waals surface area contributed by atoms with Crippen molar-refractivity contribution in [3.05, 3.63) is 35.2 Å². The van der Waals surface area contributed by atoms with Crippen molar-refractivity contribution in [2.24, 2.45) is 5.73 Å². The topological polar surface area (TPSA) is 111 Å². The van der Waals surface area contributed by atoms with Gasteiger partial charge in [0.05, 0.1) is 24.8 Å². The third-order valence-corrected chi connectivity index (χ3v) is 3.46. The molecule has 0 aliphatic heterocycles. The molecule has 0 saturated carbocycles. The Morgan fingerprint density at radius 1 is 1.33 bits per heavy atom. The zero-order chi connectivity index (χ0) is 23.3. The first-order valence-electron chi connectivity index (χ1n) is 9.54. The smallest absolute Gasteiger partial charge is 0.308 e. The van der Waals surface area contributed by atoms with Gasteiger partial charge in [-0.2, -0.15) is 17.0 Å². The Bertz CT molecular complexity index is 851. The fourth-order valence-corrected chi connectivity index (χ4v) is 2.47. The SMILES string of the molecule is CC(C)(C)S.Cc1noc([C@@H](N)CC(=O)OC(C)(C)C)c1-c1ccnc(F)c1CO. The molecule has 7 nitrogen and oxygen atoms in total. The predicted octanol–water partition coefficient (Wildman–Crippen LogP) is 4.12. The third-order valence-electron chi connectivity index (χ3n) is 3.46. The number of hydrogen-bond donors (Lipinski definition) is 3. The van der Waals surface area contributed by atoms with Crippen molar-refractivity contribution in [2.45, 2.75) is 77.9 Å². The summed E-state index contributed by atoms with van der Waals surface area (Å²) < 4.78 is 24.6. The van der Waals surface area contributed by atoms with Gasteiger partial charge >= 0.3 is 5.97 Å². The fraction of sp³-hybridized carbons (Fsp3) is 0.571. The van der Waals surface area contributed by atoms with Gasteiger partial charge in [-0.05, 0) is 39.3 Å². The summed E-state index contributed by atoms with van der Waals surface area (Å²) in [5.41, 5.74) is 6.76. The number of hydrogen-bond acceptors (Lipinski definition) is 8. The maximum Gasteiger partial charge on any atom is 0.308 e. The number of nitrogens with two attached hydrogens (primary N) is 1. The first-order valence-corrected chi connectivity index (χ1v) is 9.99. The number of aryl methyl sites for hydroxylation is 1. The number of carbonyl (C=O) groups is 1. The van der Waals surface area contributed by atoms with Gasteiger partial charge in [-0.15, -0.1) is 0 Å². The number of ether oxygens (including phenoxy) is 1. The molecule has 30 heavy (non-hydrogen) atoms. The van der Waals surface area contributed by atoms with Crippen molar-refractivity contribution >= 4 is 18.6 Å². The molecule has 9 heteroatoms. The van der Waals surface area contributed by atoms with E-state index in [9.17, 15) is 14.3 Å². The molecular weight excluding hydrogens is 409 g/mol. The normalized spacial score (nSPS) is 12.8. The molecule has 168 valence electrons. The Morgan fingerprint density at radius 2 is 1.90 bits per heavy atom. The lowest BCUT2D eigenvalue weighted by atomic mass is 9.96. The molecule has 0 aliphatic rings. The van der Waals surface area contributed by atoms with Gasteiger partial charge in [-0.1, -0.05) is 25.9 Å². The van der Waals surface area contributed by atoms with E-state index < -0.39 is 30.2 Å². The monoisotopic (exact) mass is 441 g/mol. The molecule has 0 unspecified atom stereocenters. The number of nitrogens with zero attached hydrogens (tertiary/aromatic N) is 2. The van der Waals surface area contributed by atoms with Gasteiger partial charge in [0, 0.05) is 22.1 Å². The van der Waals surface area contributed by atoms with Crippen LogP contribution in [0.4, 0.5) is 4.39 Å². The van der Waals surface area contributed by atoms with Gasteiger partial charge in [0.2, 0.25) is 5.95 Å². The number of thiol groups is 1. The fourth-order valence-electron chi connectivity index (χ4n) is 2.47. The quantitative estimate of drug-likeness (QED) is 0.363. The summed E-state index contributed by atoms with van der Waals surface area (Å²) in [5, 5.41) is 13.3. The lowest BCUT2D eigenvalue weighted by molar-refractivity contribution is -0.155. The maximum absolute atomic E-state index is 13.9. The maximum atomic E-state index is 13.9. The van der Waals surface area contributed by atoms with E-state index in [2.05, 4.69) is 43.5 Å². The molecule has 2 heterocycles. The van der Waals surface area contributed by atoms with Crippen LogP contribution in [-0.4, -0.2) is 31.6 Å². The minimum absolute atomic E-state index is 0.0134. The Morgan fingerprint density at radius 3 is 2.40 bits per heavy atom. The lowest BCUT2D eigenvalue weighted by Gasteiger charge is -2.20. The summed E-state index contributed by atoms with van der Waals surface area (Å²) in [6.07, 6.45) is 1.15. The van der Waals surface area contributed by atoms with Crippen molar-refractivity contribution in [3.8, 4) is 11.1 Å². The molecule has 3 N–H and O–H groups in total. The van der Waals surface area contributed by atoms with E-state index in [1.54, 1.807) is 27.7 Å². The molecule has 1 atom stereocenters. The molecule has 0 fully saturated rings. The molecule has 0 amide bonds. The second-order valence-electron chi connectivity index (χ2n) is 8.86. The van der Waals surface area contributed by atoms with Gasteiger partial charge in [0.15, 0.2) is 5.76 Å². The van der Waals surface area contributed by atoms with E-state index >= 15 is 0 Å². The molecule has 0 saturated heterocycles. The summed E-state index contributed by atoms with van der Waals surface area (Å²) in [7, 11) is 0. The second kappa shape index (κ2) is 10.4. The number of rotatable bonds is 5. The molecule has 2 aromatic rings. The van der Waals surface area contributed by atoms with Crippen molar-refractivity contribution in [1.82, 2.24) is 10.1 Å². The van der Waals surface area contributed by atoms with Crippen molar-refractivity contribution < 1.29 is 23.6 Å². The average molecular weight is 442 g/mol. The Labute approximate surface area is 182 Å². The number of halogens is 1. The average Bonchev–Trinajstić information content (AvgIpc) is 2.92. The van der Waals surface area contributed by atoms with Crippen LogP contribution < -0.4 is 5.73 Å². The first-order chi connectivity index (χ1) is 13.6. The van der Waals surface area contributed by atoms with E-state index in [0.717, 1.165) is 0 Å². The van der Waals surface area contributed by atoms with Gasteiger partial charge < -0.3 is 20.1 Å². The van der Waals surface area contributed by atoms with Gasteiger partial charge in [-0.25, -0.2) is 4.98 Å². The van der Waals surface area contributed by atoms with Crippen molar-refractivity contribution in [1.29, 1.82) is 0 Å². The molecule has 0 aliphatic carbocycles. The summed E-state index contributed by atoms with van der Waals surface area (Å²) in [5.74, 6) is -1.04. The molecule has 0 radical (unpaired) electrons. The summed E-state index contributed by atoms with van der Waals surface area (Å²) in [6, 6.07) is 0.714. The van der Waals surface area contributed by atoms with Crippen molar-refractivity contribution in [3.63, 3.8) is 0 Å². The van der Waals surface area contributed by atoms with Gasteiger partial charge in [0.1, 0.15) is 5.60 Å². The van der Waals surface area contributed by atoms with Crippen LogP contribution in [0, 0.1) is 12.9 Å². The number of carbonyl (C=O) groups excluding carboxylic acids is 1. The number of esters is 1. The summed E-state index contributed by atoms with van der Waals surface area (Å²) in [4.78, 5) is 15.5. The minimum atomic E-state index is -0.825. The Hall–Kier alpha value is -1.97. The zero-order valence-electron chi connectivity index (χ0n) is 18.6. The van der Waals surface area contributed by atoms with Crippen LogP contribution in [0.15, 0.2) is 16.8 Å². The van der Waals surface area contributed by atoms with Crippen LogP contribution >= 0.6 is 12.6 Å². The van der Waals surface area contributed by atoms with Crippen LogP contribution in [0.2, 0.25) is 0 Å². The molecule has 0 aromatic carbocycles. The number of aliphatic hydroxyl groups is 1. The molecular formula is C21H32FN3O4S. The van der Waals surface area contributed by atoms with E-state index in [1.165, 1.54) is 12.3 Å². The van der Waals surface area contributed by atoms with Gasteiger partial charge in [0.25, 0.3) is 0 Å². The molecule has 2 rings (SSSR count). The van der Waals surface area contributed by atoms with Crippen LogP contribution in [0.5, 0.6) is 0 Å². The van der Waals surface area contributed by atoms with Crippen LogP contribution in [0.1, 0.15) is 71.0 Å². The van der Waals surface area contributed by atoms with E-state index in [4.69, 9.17) is 15.0 Å². The third kappa shape index (κ3) is 8.41. The van der Waals surface area contributed by atoms with Gasteiger partial charge in [-0.3, -0.25) is 4.79 Å². The highest BCUT2D eigenvalue weighted by atomic mass is 32.1. The molecule has 0 spiro atoms. The number of aliphatic hydroxyl groups excluding tert-OH is 1. The van der Waals surface area contributed by atoms with Crippen LogP contribution in [0.25, 0.3) is 11.1 Å². The first kappa shape index (κ1) is 26.1. The molecule has 0 bridgehead atoms. The highest BCUT2D eigenvalue weighted by molar-refractivity contribution is 7.81. The van der Waals surface area contributed by atoms with E-state index in [0.29, 0.717) is 16.8 Å². The lowest BCUT2D eigenvalue weighted by Crippen LogP contribution is -2.26. The Kier molecular flexibility index (Phi) is 9.01. The van der Waals surface area contributed by atoms with Crippen molar-refractivity contribution in [2.75, 3.05) is 0 Å². The predicted molar refractivity (Wildman–Crippen MR) is 116 cm³/mol. The highest BCUT2D eigenvalue weighted by Crippen LogP contribution is 2.34. The zero-order valence-corrected chi connectivity index (χ0v) is 19.5. The second-order valence-corrected chi connectivity index (χ2v) is 10.2. The number of aromatic nitrogens is 2. The molecule has 2 aromatic heterocycles. The van der Waals surface area contributed by atoms with Crippen LogP contribution in [0.3, 0.4) is 0 Å². The summed E-state index contributed by atoms with van der Waals surface area (Å²) in [6.45, 7) is 12.6. The van der Waals surface area contributed by atoms with E-state index in [-0.39, 0.29) is 22.5 Å². The summed E-state index contributed by atoms with van der Waals surface area (Å²) >= 11 is 4.12. The highest BCUT2D eigenvalue weighted by Gasteiger charge is 2.27. The standard InChI is InChI=1S/C17H22FN3O4.C4H10S/c1-9-14(10-5-6-20-16(18)11(10)8-22)15(25-21-9)12(19)7-13(23)24-17(2,3)4;1-4(2,3)5/h5-6,12,22H,7-8,19H2,1-4H3;5H,1-3H3/t12-;/m0./s1. The Balaban J connectivity index is 0.000000804. The number of pyridine rings is 1.